The molecule has 4 rings (SSSR count). The minimum absolute atomic E-state index is 0.0323. The van der Waals surface area contributed by atoms with Gasteiger partial charge in [0.05, 0.1) is 5.71 Å². The largest absolute Gasteiger partial charge is 0.480 e. The zero-order valence-electron chi connectivity index (χ0n) is 12.0. The van der Waals surface area contributed by atoms with Crippen molar-refractivity contribution in [2.45, 2.75) is 42.7 Å². The van der Waals surface area contributed by atoms with E-state index >= 15 is 0 Å². The van der Waals surface area contributed by atoms with Gasteiger partial charge in [0.1, 0.15) is 6.04 Å². The summed E-state index contributed by atoms with van der Waals surface area (Å²) in [6.45, 7) is 0.535. The quantitative estimate of drug-likeness (QED) is 0.896. The number of nitrogens with one attached hydrogen (secondary N) is 1. The highest BCUT2D eigenvalue weighted by molar-refractivity contribution is 6.30. The van der Waals surface area contributed by atoms with Crippen LogP contribution in [0, 0.1) is 0 Å². The van der Waals surface area contributed by atoms with E-state index in [0.29, 0.717) is 19.4 Å². The van der Waals surface area contributed by atoms with Crippen LogP contribution in [-0.2, 0) is 15.0 Å². The molecule has 3 aliphatic rings. The molecule has 2 atom stereocenters. The fraction of sp³-hybridized carbons (Fsp3) is 0.500. The van der Waals surface area contributed by atoms with Crippen LogP contribution in [-0.4, -0.2) is 35.0 Å². The van der Waals surface area contributed by atoms with E-state index in [1.165, 1.54) is 5.56 Å². The Morgan fingerprint density at radius 3 is 2.68 bits per heavy atom. The van der Waals surface area contributed by atoms with Crippen LogP contribution in [0.15, 0.2) is 29.4 Å². The number of nitrogens with zero attached hydrogens (tertiary/aromatic N) is 1. The summed E-state index contributed by atoms with van der Waals surface area (Å²) in [5.74, 6) is -0.826. The molecule has 2 aliphatic heterocycles. The molecule has 2 fully saturated rings. The van der Waals surface area contributed by atoms with E-state index in [4.69, 9.17) is 21.5 Å². The zero-order chi connectivity index (χ0) is 15.4. The molecule has 2 heterocycles. The van der Waals surface area contributed by atoms with Crippen LogP contribution in [0.25, 0.3) is 0 Å². The lowest BCUT2D eigenvalue weighted by molar-refractivity contribution is -0.139. The Hall–Kier alpha value is -1.59. The summed E-state index contributed by atoms with van der Waals surface area (Å²) < 4.78 is 0. The molecule has 0 aromatic heterocycles. The summed E-state index contributed by atoms with van der Waals surface area (Å²) in [6.07, 6.45) is 3.28. The molecule has 1 aliphatic carbocycles. The second kappa shape index (κ2) is 4.70. The zero-order valence-corrected chi connectivity index (χ0v) is 12.8. The molecule has 1 saturated heterocycles. The van der Waals surface area contributed by atoms with E-state index in [9.17, 15) is 4.79 Å². The van der Waals surface area contributed by atoms with Gasteiger partial charge in [-0.3, -0.25) is 4.79 Å². The van der Waals surface area contributed by atoms with Gasteiger partial charge in [0.2, 0.25) is 0 Å². The molecule has 2 N–H and O–H groups in total. The highest BCUT2D eigenvalue weighted by atomic mass is 35.5. The van der Waals surface area contributed by atoms with E-state index in [1.807, 2.05) is 12.1 Å². The van der Waals surface area contributed by atoms with E-state index in [0.717, 1.165) is 23.6 Å². The number of rotatable bonds is 3. The van der Waals surface area contributed by atoms with Crippen LogP contribution >= 0.6 is 11.6 Å². The number of carbonyl (C=O) groups is 1. The van der Waals surface area contributed by atoms with Crippen LogP contribution in [0.3, 0.4) is 0 Å². The summed E-state index contributed by atoms with van der Waals surface area (Å²) in [4.78, 5) is 16.8. The smallest absolute Gasteiger partial charge is 0.320 e. The lowest BCUT2D eigenvalue weighted by Gasteiger charge is -2.20. The molecular weight excluding hydrogens is 304 g/mol. The number of carboxylic acid groups (broad SMARTS) is 1. The standard InChI is InChI=1S/C16H17ClN2O3/c17-11-3-1-10(2-4-11)16(5-6-16)13-8-15(22-19-13)7-12(14(20)21)18-9-15/h1-4,12,18H,5-9H2,(H,20,21). The molecular formula is C16H17ClN2O3. The maximum absolute atomic E-state index is 11.1. The van der Waals surface area contributed by atoms with Gasteiger partial charge in [0.25, 0.3) is 0 Å². The predicted octanol–water partition coefficient (Wildman–Crippen LogP) is 2.33. The second-order valence-corrected chi connectivity index (χ2v) is 6.99. The first-order valence-electron chi connectivity index (χ1n) is 7.51. The van der Waals surface area contributed by atoms with Crippen LogP contribution in [0.2, 0.25) is 5.02 Å². The van der Waals surface area contributed by atoms with Gasteiger partial charge in [-0.15, -0.1) is 0 Å². The molecule has 5 nitrogen and oxygen atoms in total. The molecule has 1 spiro atoms. The Bertz CT molecular complexity index is 654. The van der Waals surface area contributed by atoms with Crippen LogP contribution < -0.4 is 5.32 Å². The summed E-state index contributed by atoms with van der Waals surface area (Å²) >= 11 is 5.97. The lowest BCUT2D eigenvalue weighted by atomic mass is 9.83. The number of halogens is 1. The van der Waals surface area contributed by atoms with Gasteiger partial charge in [0.15, 0.2) is 5.60 Å². The Morgan fingerprint density at radius 2 is 2.09 bits per heavy atom. The molecule has 1 aromatic rings. The van der Waals surface area contributed by atoms with Gasteiger partial charge < -0.3 is 15.3 Å². The van der Waals surface area contributed by atoms with Crippen molar-refractivity contribution in [1.82, 2.24) is 5.32 Å². The third-order valence-electron chi connectivity index (χ3n) is 5.08. The second-order valence-electron chi connectivity index (χ2n) is 6.55. The Balaban J connectivity index is 1.53. The molecule has 2 unspecified atom stereocenters. The molecule has 0 bridgehead atoms. The first kappa shape index (κ1) is 14.0. The average molecular weight is 321 g/mol. The summed E-state index contributed by atoms with van der Waals surface area (Å²) in [5.41, 5.74) is 1.75. The van der Waals surface area contributed by atoms with Gasteiger partial charge in [-0.1, -0.05) is 28.9 Å². The number of hydrogen-bond donors (Lipinski definition) is 2. The van der Waals surface area contributed by atoms with E-state index < -0.39 is 17.6 Å². The van der Waals surface area contributed by atoms with Crippen molar-refractivity contribution in [2.24, 2.45) is 5.16 Å². The monoisotopic (exact) mass is 320 g/mol. The van der Waals surface area contributed by atoms with Gasteiger partial charge in [-0.2, -0.15) is 0 Å². The maximum Gasteiger partial charge on any atom is 0.320 e. The molecule has 1 aromatic carbocycles. The van der Waals surface area contributed by atoms with Crippen molar-refractivity contribution in [3.05, 3.63) is 34.9 Å². The number of oxime groups is 1. The highest BCUT2D eigenvalue weighted by Gasteiger charge is 2.56. The van der Waals surface area contributed by atoms with Gasteiger partial charge >= 0.3 is 5.97 Å². The SMILES string of the molecule is O=C(O)C1CC2(CN1)CC(C1(c3ccc(Cl)cc3)CC1)=NO2. The van der Waals surface area contributed by atoms with E-state index in [2.05, 4.69) is 22.6 Å². The lowest BCUT2D eigenvalue weighted by Crippen LogP contribution is -2.33. The van der Waals surface area contributed by atoms with Crippen LogP contribution in [0.1, 0.15) is 31.2 Å². The fourth-order valence-electron chi connectivity index (χ4n) is 3.62. The number of carboxylic acids is 1. The van der Waals surface area contributed by atoms with Crippen molar-refractivity contribution < 1.29 is 14.7 Å². The summed E-state index contributed by atoms with van der Waals surface area (Å²) in [5, 5.41) is 17.2. The summed E-state index contributed by atoms with van der Waals surface area (Å²) in [7, 11) is 0. The summed E-state index contributed by atoms with van der Waals surface area (Å²) in [6, 6.07) is 7.37. The van der Waals surface area contributed by atoms with Crippen molar-refractivity contribution in [3.8, 4) is 0 Å². The van der Waals surface area contributed by atoms with Gasteiger partial charge in [-0.25, -0.2) is 0 Å². The minimum atomic E-state index is -0.826. The molecule has 0 amide bonds. The highest BCUT2D eigenvalue weighted by Crippen LogP contribution is 2.53. The maximum atomic E-state index is 11.1. The average Bonchev–Trinajstić information content (AvgIpc) is 3.04. The van der Waals surface area contributed by atoms with Crippen molar-refractivity contribution >= 4 is 23.3 Å². The first-order chi connectivity index (χ1) is 10.5. The number of hydrogen-bond acceptors (Lipinski definition) is 4. The Kier molecular flexibility index (Phi) is 3.00. The third-order valence-corrected chi connectivity index (χ3v) is 5.34. The first-order valence-corrected chi connectivity index (χ1v) is 7.89. The number of benzene rings is 1. The van der Waals surface area contributed by atoms with Gasteiger partial charge in [0, 0.05) is 29.8 Å². The van der Waals surface area contributed by atoms with Crippen molar-refractivity contribution in [2.75, 3.05) is 6.54 Å². The minimum Gasteiger partial charge on any atom is -0.480 e. The normalized spacial score (nSPS) is 31.9. The van der Waals surface area contributed by atoms with Crippen molar-refractivity contribution in [3.63, 3.8) is 0 Å². The Morgan fingerprint density at radius 1 is 1.36 bits per heavy atom. The number of aliphatic carboxylic acids is 1. The fourth-order valence-corrected chi connectivity index (χ4v) is 3.75. The predicted molar refractivity (Wildman–Crippen MR) is 82.3 cm³/mol. The third kappa shape index (κ3) is 2.11. The molecule has 22 heavy (non-hydrogen) atoms. The van der Waals surface area contributed by atoms with E-state index in [-0.39, 0.29) is 5.41 Å². The molecule has 6 heteroatoms. The molecule has 116 valence electrons. The molecule has 0 radical (unpaired) electrons. The Labute approximate surface area is 133 Å². The van der Waals surface area contributed by atoms with E-state index in [1.54, 1.807) is 0 Å². The topological polar surface area (TPSA) is 70.9 Å². The van der Waals surface area contributed by atoms with Crippen LogP contribution in [0.5, 0.6) is 0 Å². The van der Waals surface area contributed by atoms with Gasteiger partial charge in [-0.05, 0) is 30.5 Å². The molecule has 1 saturated carbocycles. The van der Waals surface area contributed by atoms with Crippen LogP contribution in [0.4, 0.5) is 0 Å². The van der Waals surface area contributed by atoms with Crippen molar-refractivity contribution in [1.29, 1.82) is 0 Å².